The van der Waals surface area contributed by atoms with Crippen LogP contribution in [0.5, 0.6) is 0 Å². The number of hydrogen-bond donors (Lipinski definition) is 1. The van der Waals surface area contributed by atoms with Crippen molar-refractivity contribution in [3.8, 4) is 0 Å². The Hall–Kier alpha value is -1.43. The molecule has 0 aromatic carbocycles. The maximum Gasteiger partial charge on any atom is 0.227 e. The fraction of sp³-hybridized carbons (Fsp3) is 0.800. The third-order valence-corrected chi connectivity index (χ3v) is 3.93. The van der Waals surface area contributed by atoms with E-state index in [2.05, 4.69) is 17.1 Å². The fourth-order valence-electron chi connectivity index (χ4n) is 2.52. The smallest absolute Gasteiger partial charge is 0.227 e. The van der Waals surface area contributed by atoms with Crippen LogP contribution in [-0.4, -0.2) is 45.2 Å². The maximum absolute atomic E-state index is 12.3. The molecule has 0 saturated heterocycles. The van der Waals surface area contributed by atoms with Gasteiger partial charge in [-0.15, -0.1) is 0 Å². The second-order valence-electron chi connectivity index (χ2n) is 5.60. The number of carbonyl (C=O) groups is 1. The highest BCUT2D eigenvalue weighted by Gasteiger charge is 2.28. The summed E-state index contributed by atoms with van der Waals surface area (Å²) in [6.07, 6.45) is 6.68. The lowest BCUT2D eigenvalue weighted by atomic mass is 9.91. The van der Waals surface area contributed by atoms with Crippen molar-refractivity contribution in [1.29, 1.82) is 0 Å². The number of nitrogens with zero attached hydrogens (tertiary/aromatic N) is 3. The minimum atomic E-state index is 0.126. The molecule has 0 bridgehead atoms. The molecule has 1 saturated carbocycles. The number of amides is 1. The molecule has 0 atom stereocenters. The SMILES string of the molecule is CCCc1noc(CCC(=O)N(CCCO)C2CCC2)n1. The van der Waals surface area contributed by atoms with E-state index in [1.54, 1.807) is 0 Å². The summed E-state index contributed by atoms with van der Waals surface area (Å²) < 4.78 is 5.16. The fourth-order valence-corrected chi connectivity index (χ4v) is 2.52. The Balaban J connectivity index is 1.82. The lowest BCUT2D eigenvalue weighted by molar-refractivity contribution is -0.135. The van der Waals surface area contributed by atoms with E-state index in [1.165, 1.54) is 6.42 Å². The Kier molecular flexibility index (Phi) is 6.17. The number of aromatic nitrogens is 2. The molecule has 6 heteroatoms. The summed E-state index contributed by atoms with van der Waals surface area (Å²) in [6, 6.07) is 0.363. The van der Waals surface area contributed by atoms with Gasteiger partial charge in [-0.25, -0.2) is 0 Å². The van der Waals surface area contributed by atoms with Crippen molar-refractivity contribution in [2.75, 3.05) is 13.2 Å². The van der Waals surface area contributed by atoms with Gasteiger partial charge in [0.1, 0.15) is 0 Å². The highest BCUT2D eigenvalue weighted by molar-refractivity contribution is 5.76. The molecular formula is C15H25N3O3. The lowest BCUT2D eigenvalue weighted by Gasteiger charge is -2.37. The van der Waals surface area contributed by atoms with E-state index < -0.39 is 0 Å². The van der Waals surface area contributed by atoms with Crippen molar-refractivity contribution in [3.05, 3.63) is 11.7 Å². The first-order chi connectivity index (χ1) is 10.2. The largest absolute Gasteiger partial charge is 0.396 e. The van der Waals surface area contributed by atoms with E-state index >= 15 is 0 Å². The number of hydrogen-bond acceptors (Lipinski definition) is 5. The normalized spacial score (nSPS) is 15.0. The summed E-state index contributed by atoms with van der Waals surface area (Å²) in [7, 11) is 0. The highest BCUT2D eigenvalue weighted by atomic mass is 16.5. The minimum absolute atomic E-state index is 0.126. The molecule has 1 amide bonds. The summed E-state index contributed by atoms with van der Waals surface area (Å²) in [5.41, 5.74) is 0. The predicted molar refractivity (Wildman–Crippen MR) is 77.7 cm³/mol. The summed E-state index contributed by atoms with van der Waals surface area (Å²) in [5, 5.41) is 12.9. The number of aryl methyl sites for hydroxylation is 2. The van der Waals surface area contributed by atoms with Crippen LogP contribution in [0.4, 0.5) is 0 Å². The third-order valence-electron chi connectivity index (χ3n) is 3.93. The van der Waals surface area contributed by atoms with E-state index in [1.807, 2.05) is 4.90 Å². The van der Waals surface area contributed by atoms with E-state index in [0.29, 0.717) is 37.7 Å². The summed E-state index contributed by atoms with van der Waals surface area (Å²) >= 11 is 0. The molecule has 21 heavy (non-hydrogen) atoms. The molecule has 1 N–H and O–H groups in total. The van der Waals surface area contributed by atoms with Gasteiger partial charge in [0.15, 0.2) is 5.82 Å². The molecule has 1 aliphatic carbocycles. The van der Waals surface area contributed by atoms with Crippen LogP contribution in [-0.2, 0) is 17.6 Å². The molecule has 0 radical (unpaired) electrons. The number of rotatable bonds is 9. The van der Waals surface area contributed by atoms with Gasteiger partial charge in [-0.1, -0.05) is 12.1 Å². The Morgan fingerprint density at radius 1 is 1.43 bits per heavy atom. The molecular weight excluding hydrogens is 270 g/mol. The average molecular weight is 295 g/mol. The first-order valence-electron chi connectivity index (χ1n) is 7.96. The van der Waals surface area contributed by atoms with Gasteiger partial charge in [-0.2, -0.15) is 4.98 Å². The van der Waals surface area contributed by atoms with E-state index in [0.717, 1.165) is 31.5 Å². The van der Waals surface area contributed by atoms with E-state index in [4.69, 9.17) is 9.63 Å². The standard InChI is InChI=1S/C15H25N3O3/c1-2-5-13-16-14(21-17-13)8-9-15(20)18(10-4-11-19)12-6-3-7-12/h12,19H,2-11H2,1H3. The van der Waals surface area contributed by atoms with Gasteiger partial charge < -0.3 is 14.5 Å². The van der Waals surface area contributed by atoms with Crippen LogP contribution in [0.3, 0.4) is 0 Å². The van der Waals surface area contributed by atoms with Crippen LogP contribution in [0.2, 0.25) is 0 Å². The second-order valence-corrected chi connectivity index (χ2v) is 5.60. The van der Waals surface area contributed by atoms with Gasteiger partial charge in [0.05, 0.1) is 0 Å². The molecule has 0 unspecified atom stereocenters. The third kappa shape index (κ3) is 4.52. The zero-order valence-electron chi connectivity index (χ0n) is 12.8. The van der Waals surface area contributed by atoms with Crippen molar-refractivity contribution >= 4 is 5.91 Å². The van der Waals surface area contributed by atoms with Crippen LogP contribution in [0, 0.1) is 0 Å². The average Bonchev–Trinajstić information content (AvgIpc) is 2.86. The van der Waals surface area contributed by atoms with Gasteiger partial charge in [0, 0.05) is 38.5 Å². The maximum atomic E-state index is 12.3. The van der Waals surface area contributed by atoms with Crippen LogP contribution in [0.1, 0.15) is 57.2 Å². The molecule has 1 fully saturated rings. The Bertz CT molecular complexity index is 443. The molecule has 2 rings (SSSR count). The van der Waals surface area contributed by atoms with Crippen LogP contribution in [0.15, 0.2) is 4.52 Å². The monoisotopic (exact) mass is 295 g/mol. The molecule has 118 valence electrons. The summed E-state index contributed by atoms with van der Waals surface area (Å²) in [4.78, 5) is 18.5. The van der Waals surface area contributed by atoms with Crippen LogP contribution in [0.25, 0.3) is 0 Å². The zero-order chi connectivity index (χ0) is 15.1. The number of carbonyl (C=O) groups excluding carboxylic acids is 1. The molecule has 6 nitrogen and oxygen atoms in total. The Morgan fingerprint density at radius 2 is 2.24 bits per heavy atom. The Labute approximate surface area is 125 Å². The van der Waals surface area contributed by atoms with Crippen LogP contribution < -0.4 is 0 Å². The molecule has 1 aliphatic rings. The van der Waals surface area contributed by atoms with Crippen molar-refractivity contribution < 1.29 is 14.4 Å². The topological polar surface area (TPSA) is 79.5 Å². The quantitative estimate of drug-likeness (QED) is 0.750. The number of aliphatic hydroxyl groups excluding tert-OH is 1. The highest BCUT2D eigenvalue weighted by Crippen LogP contribution is 2.25. The first kappa shape index (κ1) is 15.9. The van der Waals surface area contributed by atoms with Gasteiger partial charge >= 0.3 is 0 Å². The zero-order valence-corrected chi connectivity index (χ0v) is 12.8. The van der Waals surface area contributed by atoms with Crippen LogP contribution >= 0.6 is 0 Å². The Morgan fingerprint density at radius 3 is 2.86 bits per heavy atom. The van der Waals surface area contributed by atoms with Gasteiger partial charge in [-0.3, -0.25) is 4.79 Å². The molecule has 1 aromatic heterocycles. The molecule has 1 heterocycles. The van der Waals surface area contributed by atoms with Gasteiger partial charge in [0.25, 0.3) is 0 Å². The molecule has 1 aromatic rings. The summed E-state index contributed by atoms with van der Waals surface area (Å²) in [5.74, 6) is 1.39. The van der Waals surface area contributed by atoms with Crippen molar-refractivity contribution in [2.24, 2.45) is 0 Å². The molecule has 0 aliphatic heterocycles. The second kappa shape index (κ2) is 8.12. The van der Waals surface area contributed by atoms with Crippen molar-refractivity contribution in [3.63, 3.8) is 0 Å². The van der Waals surface area contributed by atoms with E-state index in [9.17, 15) is 4.79 Å². The van der Waals surface area contributed by atoms with Gasteiger partial charge in [0.2, 0.25) is 11.8 Å². The predicted octanol–water partition coefficient (Wildman–Crippen LogP) is 1.72. The van der Waals surface area contributed by atoms with Crippen molar-refractivity contribution in [2.45, 2.75) is 64.3 Å². The van der Waals surface area contributed by atoms with Gasteiger partial charge in [-0.05, 0) is 32.1 Å². The molecule has 0 spiro atoms. The first-order valence-corrected chi connectivity index (χ1v) is 7.96. The summed E-state index contributed by atoms with van der Waals surface area (Å²) in [6.45, 7) is 2.84. The lowest BCUT2D eigenvalue weighted by Crippen LogP contribution is -2.45. The minimum Gasteiger partial charge on any atom is -0.396 e. The number of aliphatic hydroxyl groups is 1. The van der Waals surface area contributed by atoms with E-state index in [-0.39, 0.29) is 12.5 Å². The van der Waals surface area contributed by atoms with Crippen molar-refractivity contribution in [1.82, 2.24) is 15.0 Å².